The molecule has 92 valence electrons. The summed E-state index contributed by atoms with van der Waals surface area (Å²) in [5.41, 5.74) is 8.01. The molecule has 1 aliphatic heterocycles. The van der Waals surface area contributed by atoms with Crippen molar-refractivity contribution in [3.05, 3.63) is 23.8 Å². The molecule has 2 rings (SSSR count). The van der Waals surface area contributed by atoms with E-state index in [0.29, 0.717) is 5.56 Å². The topological polar surface area (TPSA) is 78.6 Å². The maximum atomic E-state index is 10.9. The van der Waals surface area contributed by atoms with Crippen LogP contribution < -0.4 is 16.0 Å². The third-order valence-electron chi connectivity index (χ3n) is 2.79. The fourth-order valence-electron chi connectivity index (χ4n) is 2.07. The van der Waals surface area contributed by atoms with E-state index in [1.54, 1.807) is 12.1 Å². The van der Waals surface area contributed by atoms with Crippen LogP contribution in [0.15, 0.2) is 18.2 Å². The van der Waals surface area contributed by atoms with Crippen molar-refractivity contribution in [3.8, 4) is 0 Å². The number of nitrogens with zero attached hydrogens (tertiary/aromatic N) is 1. The van der Waals surface area contributed by atoms with E-state index in [4.69, 9.17) is 10.8 Å². The highest BCUT2D eigenvalue weighted by Crippen LogP contribution is 2.29. The Hall–Kier alpha value is -1.75. The van der Waals surface area contributed by atoms with Crippen molar-refractivity contribution in [2.75, 3.05) is 29.9 Å². The summed E-state index contributed by atoms with van der Waals surface area (Å²) in [5.74, 6) is -0.904. The van der Waals surface area contributed by atoms with Gasteiger partial charge >= 0.3 is 5.97 Å². The minimum Gasteiger partial charge on any atom is -0.478 e. The SMILES string of the molecule is CC(N)CN1CCNc2cc(C(=O)O)ccc21. The lowest BCUT2D eigenvalue weighted by molar-refractivity contribution is 0.0697. The maximum absolute atomic E-state index is 10.9. The van der Waals surface area contributed by atoms with Crippen LogP contribution in [0.4, 0.5) is 11.4 Å². The van der Waals surface area contributed by atoms with Gasteiger partial charge in [-0.3, -0.25) is 0 Å². The quantitative estimate of drug-likeness (QED) is 0.727. The van der Waals surface area contributed by atoms with Crippen molar-refractivity contribution < 1.29 is 9.90 Å². The van der Waals surface area contributed by atoms with Gasteiger partial charge in [-0.2, -0.15) is 0 Å². The van der Waals surface area contributed by atoms with Crippen LogP contribution in [0.5, 0.6) is 0 Å². The average molecular weight is 235 g/mol. The minimum atomic E-state index is -0.904. The summed E-state index contributed by atoms with van der Waals surface area (Å²) < 4.78 is 0. The molecule has 0 spiro atoms. The zero-order valence-corrected chi connectivity index (χ0v) is 9.81. The van der Waals surface area contributed by atoms with Crippen LogP contribution >= 0.6 is 0 Å². The van der Waals surface area contributed by atoms with Crippen LogP contribution in [0.1, 0.15) is 17.3 Å². The first kappa shape index (κ1) is 11.7. The zero-order valence-electron chi connectivity index (χ0n) is 9.81. The van der Waals surface area contributed by atoms with Gasteiger partial charge in [0.05, 0.1) is 16.9 Å². The first-order valence-corrected chi connectivity index (χ1v) is 5.69. The van der Waals surface area contributed by atoms with Crippen molar-refractivity contribution in [1.82, 2.24) is 0 Å². The summed E-state index contributed by atoms with van der Waals surface area (Å²) in [6, 6.07) is 5.24. The van der Waals surface area contributed by atoms with E-state index in [1.165, 1.54) is 0 Å². The Morgan fingerprint density at radius 3 is 3.06 bits per heavy atom. The van der Waals surface area contributed by atoms with Gasteiger partial charge in [0.15, 0.2) is 0 Å². The van der Waals surface area contributed by atoms with Crippen molar-refractivity contribution in [2.45, 2.75) is 13.0 Å². The summed E-state index contributed by atoms with van der Waals surface area (Å²) in [4.78, 5) is 13.1. The smallest absolute Gasteiger partial charge is 0.335 e. The first-order chi connectivity index (χ1) is 8.08. The van der Waals surface area contributed by atoms with Crippen LogP contribution in [-0.4, -0.2) is 36.8 Å². The average Bonchev–Trinajstić information content (AvgIpc) is 2.28. The first-order valence-electron chi connectivity index (χ1n) is 5.69. The molecule has 0 aliphatic carbocycles. The molecule has 1 aromatic rings. The van der Waals surface area contributed by atoms with E-state index in [-0.39, 0.29) is 6.04 Å². The summed E-state index contributed by atoms with van der Waals surface area (Å²) in [7, 11) is 0. The Labute approximate surface area is 100 Å². The van der Waals surface area contributed by atoms with Gasteiger partial charge in [-0.1, -0.05) is 0 Å². The number of rotatable bonds is 3. The molecule has 1 aliphatic rings. The molecule has 0 saturated carbocycles. The molecule has 5 heteroatoms. The van der Waals surface area contributed by atoms with Gasteiger partial charge in [-0.15, -0.1) is 0 Å². The van der Waals surface area contributed by atoms with Crippen LogP contribution in [0.25, 0.3) is 0 Å². The molecule has 0 amide bonds. The molecular weight excluding hydrogens is 218 g/mol. The van der Waals surface area contributed by atoms with Crippen molar-refractivity contribution >= 4 is 17.3 Å². The van der Waals surface area contributed by atoms with E-state index >= 15 is 0 Å². The van der Waals surface area contributed by atoms with Crippen LogP contribution in [0, 0.1) is 0 Å². The Balaban J connectivity index is 2.30. The maximum Gasteiger partial charge on any atom is 0.335 e. The van der Waals surface area contributed by atoms with E-state index in [2.05, 4.69) is 10.2 Å². The number of nitrogens with two attached hydrogens (primary N) is 1. The molecule has 5 nitrogen and oxygen atoms in total. The molecule has 0 bridgehead atoms. The lowest BCUT2D eigenvalue weighted by Gasteiger charge is -2.33. The fraction of sp³-hybridized carbons (Fsp3) is 0.417. The van der Waals surface area contributed by atoms with Crippen molar-refractivity contribution in [1.29, 1.82) is 0 Å². The Morgan fingerprint density at radius 1 is 1.65 bits per heavy atom. The second-order valence-corrected chi connectivity index (χ2v) is 4.39. The predicted molar refractivity (Wildman–Crippen MR) is 67.8 cm³/mol. The normalized spacial score (nSPS) is 16.0. The highest BCUT2D eigenvalue weighted by atomic mass is 16.4. The third kappa shape index (κ3) is 2.50. The van der Waals surface area contributed by atoms with Crippen LogP contribution in [0.3, 0.4) is 0 Å². The highest BCUT2D eigenvalue weighted by Gasteiger charge is 2.18. The van der Waals surface area contributed by atoms with E-state index in [0.717, 1.165) is 31.0 Å². The standard InChI is InChI=1S/C12H17N3O2/c1-8(13)7-15-5-4-14-10-6-9(12(16)17)2-3-11(10)15/h2-3,6,8,14H,4-5,7,13H2,1H3,(H,16,17). The number of fused-ring (bicyclic) bond motifs is 1. The van der Waals surface area contributed by atoms with Crippen molar-refractivity contribution in [2.24, 2.45) is 5.73 Å². The van der Waals surface area contributed by atoms with Gasteiger partial charge in [0.2, 0.25) is 0 Å². The molecule has 0 fully saturated rings. The van der Waals surface area contributed by atoms with E-state index < -0.39 is 5.97 Å². The molecule has 1 aromatic carbocycles. The predicted octanol–water partition coefficient (Wildman–Crippen LogP) is 0.964. The summed E-state index contributed by atoms with van der Waals surface area (Å²) >= 11 is 0. The van der Waals surface area contributed by atoms with E-state index in [1.807, 2.05) is 13.0 Å². The number of carboxylic acids is 1. The summed E-state index contributed by atoms with van der Waals surface area (Å²) in [6.07, 6.45) is 0. The molecule has 17 heavy (non-hydrogen) atoms. The third-order valence-corrected chi connectivity index (χ3v) is 2.79. The highest BCUT2D eigenvalue weighted by molar-refractivity contribution is 5.91. The second kappa shape index (κ2) is 4.63. The summed E-state index contributed by atoms with van der Waals surface area (Å²) in [6.45, 7) is 4.44. The Morgan fingerprint density at radius 2 is 2.41 bits per heavy atom. The van der Waals surface area contributed by atoms with Gasteiger partial charge < -0.3 is 21.1 Å². The number of anilines is 2. The lowest BCUT2D eigenvalue weighted by atomic mass is 10.1. The fourth-order valence-corrected chi connectivity index (χ4v) is 2.07. The monoisotopic (exact) mass is 235 g/mol. The Bertz CT molecular complexity index is 432. The number of aromatic carboxylic acids is 1. The number of benzene rings is 1. The van der Waals surface area contributed by atoms with Crippen LogP contribution in [0.2, 0.25) is 0 Å². The van der Waals surface area contributed by atoms with Crippen LogP contribution in [-0.2, 0) is 0 Å². The molecule has 0 aromatic heterocycles. The molecule has 1 heterocycles. The molecule has 1 atom stereocenters. The van der Waals surface area contributed by atoms with Gasteiger partial charge in [-0.05, 0) is 25.1 Å². The zero-order chi connectivity index (χ0) is 12.4. The lowest BCUT2D eigenvalue weighted by Crippen LogP contribution is -2.41. The number of carboxylic acid groups (broad SMARTS) is 1. The number of hydrogen-bond donors (Lipinski definition) is 3. The minimum absolute atomic E-state index is 0.0973. The van der Waals surface area contributed by atoms with Gasteiger partial charge in [0, 0.05) is 25.7 Å². The number of carbonyl (C=O) groups is 1. The Kier molecular flexibility index (Phi) is 3.19. The largest absolute Gasteiger partial charge is 0.478 e. The molecule has 4 N–H and O–H groups in total. The van der Waals surface area contributed by atoms with Gasteiger partial charge in [0.25, 0.3) is 0 Å². The number of hydrogen-bond acceptors (Lipinski definition) is 4. The summed E-state index contributed by atoms with van der Waals surface area (Å²) in [5, 5.41) is 12.2. The molecule has 1 unspecified atom stereocenters. The molecular formula is C12H17N3O2. The second-order valence-electron chi connectivity index (χ2n) is 4.39. The van der Waals surface area contributed by atoms with E-state index in [9.17, 15) is 4.79 Å². The van der Waals surface area contributed by atoms with Gasteiger partial charge in [0.1, 0.15) is 0 Å². The van der Waals surface area contributed by atoms with Crippen molar-refractivity contribution in [3.63, 3.8) is 0 Å². The number of nitrogens with one attached hydrogen (secondary N) is 1. The van der Waals surface area contributed by atoms with Gasteiger partial charge in [-0.25, -0.2) is 4.79 Å². The molecule has 0 saturated heterocycles. The molecule has 0 radical (unpaired) electrons.